The van der Waals surface area contributed by atoms with Crippen LogP contribution in [0.3, 0.4) is 0 Å². The molecule has 0 bridgehead atoms. The van der Waals surface area contributed by atoms with Crippen LogP contribution in [0.4, 0.5) is 4.39 Å². The molecule has 0 saturated carbocycles. The molecular formula is C13H15FN2O. The summed E-state index contributed by atoms with van der Waals surface area (Å²) >= 11 is 0. The molecule has 0 saturated heterocycles. The maximum atomic E-state index is 13.5. The van der Waals surface area contributed by atoms with Crippen LogP contribution in [0.2, 0.25) is 0 Å². The molecule has 1 atom stereocenters. The van der Waals surface area contributed by atoms with Crippen molar-refractivity contribution in [2.75, 3.05) is 0 Å². The summed E-state index contributed by atoms with van der Waals surface area (Å²) in [5.74, 6) is -0.208. The lowest BCUT2D eigenvalue weighted by molar-refractivity contribution is 0.269. The van der Waals surface area contributed by atoms with Gasteiger partial charge in [0.05, 0.1) is 30.9 Å². The highest BCUT2D eigenvalue weighted by atomic mass is 19.1. The normalized spacial score (nSPS) is 12.7. The Morgan fingerprint density at radius 1 is 1.47 bits per heavy atom. The van der Waals surface area contributed by atoms with Crippen LogP contribution in [0.15, 0.2) is 30.7 Å². The number of rotatable bonds is 3. The van der Waals surface area contributed by atoms with E-state index < -0.39 is 0 Å². The van der Waals surface area contributed by atoms with Crippen molar-refractivity contribution in [2.45, 2.75) is 26.5 Å². The number of halogens is 1. The summed E-state index contributed by atoms with van der Waals surface area (Å²) in [7, 11) is 0. The molecule has 0 radical (unpaired) electrons. The number of hydrogen-bond acceptors (Lipinski definition) is 2. The average molecular weight is 234 g/mol. The number of aromatic nitrogens is 2. The van der Waals surface area contributed by atoms with E-state index in [1.165, 1.54) is 6.07 Å². The largest absolute Gasteiger partial charge is 0.390 e. The smallest absolute Gasteiger partial charge is 0.126 e. The number of imidazole rings is 1. The summed E-state index contributed by atoms with van der Waals surface area (Å²) in [4.78, 5) is 3.99. The van der Waals surface area contributed by atoms with Crippen LogP contribution in [-0.4, -0.2) is 14.7 Å². The Labute approximate surface area is 99.5 Å². The summed E-state index contributed by atoms with van der Waals surface area (Å²) in [5, 5.41) is 9.17. The van der Waals surface area contributed by atoms with Crippen molar-refractivity contribution in [3.05, 3.63) is 53.4 Å². The highest BCUT2D eigenvalue weighted by molar-refractivity contribution is 5.26. The summed E-state index contributed by atoms with van der Waals surface area (Å²) in [5.41, 5.74) is 2.22. The van der Waals surface area contributed by atoms with E-state index in [2.05, 4.69) is 4.98 Å². The lowest BCUT2D eigenvalue weighted by Crippen LogP contribution is -2.09. The van der Waals surface area contributed by atoms with Gasteiger partial charge in [-0.15, -0.1) is 0 Å². The molecule has 0 aliphatic heterocycles. The second-order valence-corrected chi connectivity index (χ2v) is 4.13. The maximum Gasteiger partial charge on any atom is 0.126 e. The molecule has 0 aliphatic rings. The Bertz CT molecular complexity index is 522. The van der Waals surface area contributed by atoms with E-state index in [9.17, 15) is 4.39 Å². The molecule has 1 unspecified atom stereocenters. The fourth-order valence-corrected chi connectivity index (χ4v) is 1.83. The lowest BCUT2D eigenvalue weighted by Gasteiger charge is -2.16. The van der Waals surface area contributed by atoms with Gasteiger partial charge >= 0.3 is 0 Å². The van der Waals surface area contributed by atoms with Crippen LogP contribution >= 0.6 is 0 Å². The molecule has 1 heterocycles. The average Bonchev–Trinajstić information content (AvgIpc) is 2.80. The van der Waals surface area contributed by atoms with Gasteiger partial charge in [-0.2, -0.15) is 0 Å². The molecule has 2 aromatic rings. The molecule has 0 amide bonds. The molecule has 0 spiro atoms. The zero-order valence-electron chi connectivity index (χ0n) is 9.89. The van der Waals surface area contributed by atoms with E-state index in [4.69, 9.17) is 5.11 Å². The van der Waals surface area contributed by atoms with E-state index in [0.717, 1.165) is 11.3 Å². The van der Waals surface area contributed by atoms with Crippen LogP contribution in [-0.2, 0) is 6.61 Å². The number of aliphatic hydroxyl groups excluding tert-OH is 1. The Morgan fingerprint density at radius 2 is 2.24 bits per heavy atom. The van der Waals surface area contributed by atoms with Gasteiger partial charge < -0.3 is 9.67 Å². The van der Waals surface area contributed by atoms with Crippen molar-refractivity contribution >= 4 is 0 Å². The lowest BCUT2D eigenvalue weighted by atomic mass is 10.1. The predicted molar refractivity (Wildman–Crippen MR) is 63.1 cm³/mol. The molecule has 3 nitrogen and oxygen atoms in total. The van der Waals surface area contributed by atoms with Gasteiger partial charge in [-0.05, 0) is 31.0 Å². The molecule has 4 heteroatoms. The minimum Gasteiger partial charge on any atom is -0.390 e. The number of aryl methyl sites for hydroxylation is 1. The molecule has 2 rings (SSSR count). The molecule has 0 fully saturated rings. The number of nitrogens with zero attached hydrogens (tertiary/aromatic N) is 2. The monoisotopic (exact) mass is 234 g/mol. The first-order valence-corrected chi connectivity index (χ1v) is 5.51. The first kappa shape index (κ1) is 11.8. The van der Waals surface area contributed by atoms with Gasteiger partial charge in [-0.25, -0.2) is 9.37 Å². The molecular weight excluding hydrogens is 219 g/mol. The first-order chi connectivity index (χ1) is 8.13. The maximum absolute atomic E-state index is 13.5. The third-order valence-corrected chi connectivity index (χ3v) is 3.00. The van der Waals surface area contributed by atoms with Crippen molar-refractivity contribution in [1.82, 2.24) is 9.55 Å². The first-order valence-electron chi connectivity index (χ1n) is 5.51. The zero-order chi connectivity index (χ0) is 12.4. The summed E-state index contributed by atoms with van der Waals surface area (Å²) < 4.78 is 15.3. The zero-order valence-corrected chi connectivity index (χ0v) is 9.89. The third kappa shape index (κ3) is 2.22. The summed E-state index contributed by atoms with van der Waals surface area (Å²) in [6.45, 7) is 3.61. The van der Waals surface area contributed by atoms with Gasteiger partial charge in [0.15, 0.2) is 0 Å². The van der Waals surface area contributed by atoms with Gasteiger partial charge in [0.2, 0.25) is 0 Å². The van der Waals surface area contributed by atoms with Crippen molar-refractivity contribution in [1.29, 1.82) is 0 Å². The van der Waals surface area contributed by atoms with Crippen LogP contribution in [0.1, 0.15) is 29.8 Å². The van der Waals surface area contributed by atoms with Gasteiger partial charge in [-0.3, -0.25) is 0 Å². The Morgan fingerprint density at radius 3 is 2.88 bits per heavy atom. The topological polar surface area (TPSA) is 38.0 Å². The summed E-state index contributed by atoms with van der Waals surface area (Å²) in [6.07, 6.45) is 3.26. The quantitative estimate of drug-likeness (QED) is 0.885. The van der Waals surface area contributed by atoms with Gasteiger partial charge in [0, 0.05) is 0 Å². The Kier molecular flexibility index (Phi) is 3.24. The SMILES string of the molecule is Cc1ccc(C(C)n2cncc2CO)cc1F. The predicted octanol–water partition coefficient (Wildman–Crippen LogP) is 2.43. The molecule has 1 aromatic heterocycles. The second-order valence-electron chi connectivity index (χ2n) is 4.13. The molecule has 1 aromatic carbocycles. The molecule has 90 valence electrons. The van der Waals surface area contributed by atoms with E-state index in [1.807, 2.05) is 17.6 Å². The highest BCUT2D eigenvalue weighted by Gasteiger charge is 2.12. The minimum absolute atomic E-state index is 0.0465. The van der Waals surface area contributed by atoms with Crippen LogP contribution in [0.5, 0.6) is 0 Å². The van der Waals surface area contributed by atoms with Crippen LogP contribution in [0, 0.1) is 12.7 Å². The fraction of sp³-hybridized carbons (Fsp3) is 0.308. The third-order valence-electron chi connectivity index (χ3n) is 3.00. The van der Waals surface area contributed by atoms with E-state index in [0.29, 0.717) is 5.56 Å². The highest BCUT2D eigenvalue weighted by Crippen LogP contribution is 2.21. The number of aliphatic hydroxyl groups is 1. The van der Waals surface area contributed by atoms with Gasteiger partial charge in [0.1, 0.15) is 5.82 Å². The number of benzene rings is 1. The second kappa shape index (κ2) is 4.67. The van der Waals surface area contributed by atoms with Crippen LogP contribution < -0.4 is 0 Å². The van der Waals surface area contributed by atoms with Crippen molar-refractivity contribution in [3.8, 4) is 0 Å². The van der Waals surface area contributed by atoms with E-state index >= 15 is 0 Å². The van der Waals surface area contributed by atoms with Gasteiger partial charge in [0.25, 0.3) is 0 Å². The van der Waals surface area contributed by atoms with Crippen molar-refractivity contribution < 1.29 is 9.50 Å². The Hall–Kier alpha value is -1.68. The molecule has 1 N–H and O–H groups in total. The van der Waals surface area contributed by atoms with Gasteiger partial charge in [-0.1, -0.05) is 12.1 Å². The standard InChI is InChI=1S/C13H15FN2O/c1-9-3-4-11(5-13(9)14)10(2)16-8-15-6-12(16)7-17/h3-6,8,10,17H,7H2,1-2H3. The minimum atomic E-state index is -0.208. The van der Waals surface area contributed by atoms with E-state index in [1.54, 1.807) is 25.5 Å². The Balaban J connectivity index is 2.36. The number of hydrogen-bond donors (Lipinski definition) is 1. The summed E-state index contributed by atoms with van der Waals surface area (Å²) in [6, 6.07) is 5.14. The van der Waals surface area contributed by atoms with Crippen molar-refractivity contribution in [3.63, 3.8) is 0 Å². The van der Waals surface area contributed by atoms with Crippen molar-refractivity contribution in [2.24, 2.45) is 0 Å². The fourth-order valence-electron chi connectivity index (χ4n) is 1.83. The van der Waals surface area contributed by atoms with E-state index in [-0.39, 0.29) is 18.5 Å². The van der Waals surface area contributed by atoms with Crippen LogP contribution in [0.25, 0.3) is 0 Å². The molecule has 0 aliphatic carbocycles. The molecule has 17 heavy (non-hydrogen) atoms.